The molecule has 0 unspecified atom stereocenters. The molecule has 0 radical (unpaired) electrons. The van der Waals surface area contributed by atoms with Gasteiger partial charge in [0.1, 0.15) is 0 Å². The van der Waals surface area contributed by atoms with Crippen molar-refractivity contribution in [3.8, 4) is 0 Å². The molecule has 3 rings (SSSR count). The Balaban J connectivity index is 1.80. The van der Waals surface area contributed by atoms with Gasteiger partial charge >= 0.3 is 0 Å². The highest BCUT2D eigenvalue weighted by atomic mass is 32.1. The summed E-state index contributed by atoms with van der Waals surface area (Å²) in [7, 11) is 0. The molecule has 1 aromatic carbocycles. The molecule has 0 fully saturated rings. The zero-order valence-corrected chi connectivity index (χ0v) is 11.1. The maximum Gasteiger partial charge on any atom is 0.270 e. The van der Waals surface area contributed by atoms with Crippen LogP contribution in [0.3, 0.4) is 0 Å². The summed E-state index contributed by atoms with van der Waals surface area (Å²) in [5.74, 6) is 0. The summed E-state index contributed by atoms with van der Waals surface area (Å²) >= 11 is 1.41. The van der Waals surface area contributed by atoms with Gasteiger partial charge in [0, 0.05) is 31.1 Å². The number of nitro benzene ring substituents is 1. The van der Waals surface area contributed by atoms with E-state index < -0.39 is 4.92 Å². The van der Waals surface area contributed by atoms with Crippen molar-refractivity contribution in [1.29, 1.82) is 0 Å². The topological polar surface area (TPSA) is 81.0 Å². The van der Waals surface area contributed by atoms with Crippen molar-refractivity contribution in [1.82, 2.24) is 9.97 Å². The molecule has 0 saturated heterocycles. The van der Waals surface area contributed by atoms with Gasteiger partial charge in [-0.1, -0.05) is 11.3 Å². The van der Waals surface area contributed by atoms with Crippen LogP contribution in [0.4, 0.5) is 10.8 Å². The zero-order chi connectivity index (χ0) is 13.9. The van der Waals surface area contributed by atoms with Crippen LogP contribution in [0.5, 0.6) is 0 Å². The number of aromatic nitrogens is 2. The van der Waals surface area contributed by atoms with Gasteiger partial charge in [-0.25, -0.2) is 4.98 Å². The Morgan fingerprint density at radius 2 is 2.05 bits per heavy atom. The highest BCUT2D eigenvalue weighted by Crippen LogP contribution is 2.29. The molecule has 0 aliphatic heterocycles. The predicted molar refractivity (Wildman–Crippen MR) is 77.8 cm³/mol. The molecule has 20 heavy (non-hydrogen) atoms. The molecule has 0 spiro atoms. The Morgan fingerprint density at radius 3 is 2.80 bits per heavy atom. The van der Waals surface area contributed by atoms with Crippen LogP contribution in [0.25, 0.3) is 10.2 Å². The first-order valence-electron chi connectivity index (χ1n) is 5.90. The molecule has 0 bridgehead atoms. The zero-order valence-electron chi connectivity index (χ0n) is 10.3. The van der Waals surface area contributed by atoms with Crippen LogP contribution < -0.4 is 5.32 Å². The summed E-state index contributed by atoms with van der Waals surface area (Å²) in [6.45, 7) is 0.643. The normalized spacial score (nSPS) is 10.6. The van der Waals surface area contributed by atoms with Gasteiger partial charge in [-0.2, -0.15) is 0 Å². The van der Waals surface area contributed by atoms with Crippen molar-refractivity contribution >= 4 is 32.4 Å². The first kappa shape index (κ1) is 12.5. The van der Waals surface area contributed by atoms with E-state index in [1.165, 1.54) is 17.4 Å². The van der Waals surface area contributed by atoms with Crippen molar-refractivity contribution in [2.75, 3.05) is 5.32 Å². The van der Waals surface area contributed by atoms with Crippen molar-refractivity contribution in [2.45, 2.75) is 6.54 Å². The van der Waals surface area contributed by atoms with E-state index in [0.717, 1.165) is 20.9 Å². The smallest absolute Gasteiger partial charge is 0.270 e. The van der Waals surface area contributed by atoms with Gasteiger partial charge in [-0.15, -0.1) is 0 Å². The molecule has 0 saturated carbocycles. The van der Waals surface area contributed by atoms with Crippen LogP contribution in [-0.4, -0.2) is 14.9 Å². The second kappa shape index (κ2) is 5.22. The lowest BCUT2D eigenvalue weighted by Crippen LogP contribution is -1.98. The Hall–Kier alpha value is -2.54. The molecule has 6 nitrogen and oxygen atoms in total. The molecular weight excluding hydrogens is 276 g/mol. The molecule has 2 aromatic heterocycles. The van der Waals surface area contributed by atoms with Gasteiger partial charge in [0.25, 0.3) is 5.69 Å². The number of hydrogen-bond acceptors (Lipinski definition) is 6. The summed E-state index contributed by atoms with van der Waals surface area (Å²) in [6, 6.07) is 8.53. The molecule has 3 aromatic rings. The molecule has 1 N–H and O–H groups in total. The van der Waals surface area contributed by atoms with E-state index >= 15 is 0 Å². The number of rotatable bonds is 4. The average Bonchev–Trinajstić information content (AvgIpc) is 2.88. The van der Waals surface area contributed by atoms with Gasteiger partial charge in [0.05, 0.1) is 15.1 Å². The van der Waals surface area contributed by atoms with Gasteiger partial charge < -0.3 is 5.32 Å². The first-order valence-corrected chi connectivity index (χ1v) is 6.72. The Labute approximate surface area is 118 Å². The third-order valence-corrected chi connectivity index (χ3v) is 3.75. The van der Waals surface area contributed by atoms with Crippen molar-refractivity contribution in [2.24, 2.45) is 0 Å². The minimum atomic E-state index is -0.400. The molecule has 0 aliphatic rings. The van der Waals surface area contributed by atoms with Gasteiger partial charge in [0.2, 0.25) is 0 Å². The molecule has 0 amide bonds. The van der Waals surface area contributed by atoms with Gasteiger partial charge in [0.15, 0.2) is 5.13 Å². The first-order chi connectivity index (χ1) is 9.72. The summed E-state index contributed by atoms with van der Waals surface area (Å²) < 4.78 is 0.802. The largest absolute Gasteiger partial charge is 0.357 e. The van der Waals surface area contributed by atoms with E-state index in [2.05, 4.69) is 15.3 Å². The number of nitrogens with zero attached hydrogens (tertiary/aromatic N) is 3. The van der Waals surface area contributed by atoms with E-state index in [-0.39, 0.29) is 5.69 Å². The summed E-state index contributed by atoms with van der Waals surface area (Å²) in [5.41, 5.74) is 1.95. The maximum absolute atomic E-state index is 10.7. The monoisotopic (exact) mass is 286 g/mol. The lowest BCUT2D eigenvalue weighted by molar-refractivity contribution is -0.384. The van der Waals surface area contributed by atoms with Crippen LogP contribution in [0.2, 0.25) is 0 Å². The lowest BCUT2D eigenvalue weighted by atomic mass is 10.3. The molecule has 0 aliphatic carbocycles. The summed E-state index contributed by atoms with van der Waals surface area (Å²) in [6.07, 6.45) is 3.47. The van der Waals surface area contributed by atoms with Crippen LogP contribution in [0.15, 0.2) is 42.7 Å². The molecule has 0 atom stereocenters. The van der Waals surface area contributed by atoms with Crippen LogP contribution in [0, 0.1) is 10.1 Å². The van der Waals surface area contributed by atoms with Crippen LogP contribution >= 0.6 is 11.3 Å². The minimum Gasteiger partial charge on any atom is -0.357 e. The fourth-order valence-electron chi connectivity index (χ4n) is 1.78. The fraction of sp³-hybridized carbons (Fsp3) is 0.0769. The van der Waals surface area contributed by atoms with E-state index in [1.54, 1.807) is 24.5 Å². The Morgan fingerprint density at radius 1 is 1.25 bits per heavy atom. The highest BCUT2D eigenvalue weighted by molar-refractivity contribution is 7.22. The second-order valence-corrected chi connectivity index (χ2v) is 5.17. The Kier molecular flexibility index (Phi) is 3.26. The third-order valence-electron chi connectivity index (χ3n) is 2.78. The average molecular weight is 286 g/mol. The van der Waals surface area contributed by atoms with Crippen molar-refractivity contribution in [3.05, 3.63) is 58.4 Å². The summed E-state index contributed by atoms with van der Waals surface area (Å²) in [5, 5.41) is 14.7. The molecule has 7 heteroatoms. The number of nitro groups is 1. The fourth-order valence-corrected chi connectivity index (χ4v) is 2.68. The minimum absolute atomic E-state index is 0.0850. The van der Waals surface area contributed by atoms with Gasteiger partial charge in [-0.05, 0) is 23.8 Å². The van der Waals surface area contributed by atoms with Crippen molar-refractivity contribution in [3.63, 3.8) is 0 Å². The lowest BCUT2D eigenvalue weighted by Gasteiger charge is -2.01. The standard InChI is InChI=1S/C13H10N4O2S/c18-17(19)10-1-2-11-12(7-10)20-13(16-11)15-8-9-3-5-14-6-4-9/h1-7H,8H2,(H,15,16). The number of anilines is 1. The quantitative estimate of drug-likeness (QED) is 0.588. The summed E-state index contributed by atoms with van der Waals surface area (Å²) in [4.78, 5) is 18.7. The van der Waals surface area contributed by atoms with E-state index in [9.17, 15) is 10.1 Å². The number of benzene rings is 1. The number of fused-ring (bicyclic) bond motifs is 1. The molecular formula is C13H10N4O2S. The number of thiazole rings is 1. The predicted octanol–water partition coefficient (Wildman–Crippen LogP) is 3.21. The number of hydrogen-bond donors (Lipinski definition) is 1. The third kappa shape index (κ3) is 2.57. The van der Waals surface area contributed by atoms with Crippen LogP contribution in [-0.2, 0) is 6.54 Å². The molecule has 2 heterocycles. The number of pyridine rings is 1. The number of non-ortho nitro benzene ring substituents is 1. The molecule has 100 valence electrons. The SMILES string of the molecule is O=[N+]([O-])c1ccc2nc(NCc3ccncc3)sc2c1. The second-order valence-electron chi connectivity index (χ2n) is 4.14. The van der Waals surface area contributed by atoms with E-state index in [0.29, 0.717) is 6.54 Å². The van der Waals surface area contributed by atoms with E-state index in [4.69, 9.17) is 0 Å². The Bertz CT molecular complexity index is 757. The van der Waals surface area contributed by atoms with E-state index in [1.807, 2.05) is 12.1 Å². The number of nitrogens with one attached hydrogen (secondary N) is 1. The van der Waals surface area contributed by atoms with Crippen LogP contribution in [0.1, 0.15) is 5.56 Å². The van der Waals surface area contributed by atoms with Gasteiger partial charge in [-0.3, -0.25) is 15.1 Å². The van der Waals surface area contributed by atoms with Crippen molar-refractivity contribution < 1.29 is 4.92 Å². The highest BCUT2D eigenvalue weighted by Gasteiger charge is 2.09. The maximum atomic E-state index is 10.7.